The molecule has 0 aliphatic heterocycles. The van der Waals surface area contributed by atoms with Gasteiger partial charge in [-0.05, 0) is 86.7 Å². The molecule has 0 atom stereocenters. The molecule has 0 unspecified atom stereocenters. The number of benzene rings is 2. The number of hydrogen-bond donors (Lipinski definition) is 1. The van der Waals surface area contributed by atoms with Gasteiger partial charge in [0.25, 0.3) is 10.0 Å². The smallest absolute Gasteiger partial charge is 0.341 e. The number of nitrogens with one attached hydrogen (secondary N) is 1. The number of fused-ring (bicyclic) bond motifs is 1. The Morgan fingerprint density at radius 2 is 1.61 bits per heavy atom. The van der Waals surface area contributed by atoms with Crippen molar-refractivity contribution in [1.82, 2.24) is 0 Å². The number of anilines is 2. The third-order valence-electron chi connectivity index (χ3n) is 5.71. The number of ether oxygens (including phenoxy) is 1. The number of sulfonamides is 1. The third kappa shape index (κ3) is 5.41. The summed E-state index contributed by atoms with van der Waals surface area (Å²) < 4.78 is 59.7. The maximum Gasteiger partial charge on any atom is 0.341 e. The topological polar surface area (TPSA) is 92.8 Å². The van der Waals surface area contributed by atoms with E-state index in [4.69, 9.17) is 4.74 Å². The molecule has 1 heterocycles. The largest absolute Gasteiger partial charge is 0.462 e. The highest BCUT2D eigenvalue weighted by atomic mass is 32.2. The second-order valence-electron chi connectivity index (χ2n) is 8.13. The molecule has 1 amide bonds. The molecule has 0 saturated heterocycles. The molecule has 0 bridgehead atoms. The fourth-order valence-electron chi connectivity index (χ4n) is 4.03. The number of halogens is 2. The Hall–Kier alpha value is -3.31. The normalized spacial score (nSPS) is 13.1. The lowest BCUT2D eigenvalue weighted by Crippen LogP contribution is -2.38. The van der Waals surface area contributed by atoms with E-state index in [1.807, 2.05) is 0 Å². The highest BCUT2D eigenvalue weighted by molar-refractivity contribution is 7.92. The van der Waals surface area contributed by atoms with E-state index in [1.165, 1.54) is 23.5 Å². The lowest BCUT2D eigenvalue weighted by Gasteiger charge is -2.24. The van der Waals surface area contributed by atoms with Gasteiger partial charge in [0.05, 0.1) is 22.8 Å². The van der Waals surface area contributed by atoms with Gasteiger partial charge in [0, 0.05) is 4.88 Å². The zero-order chi connectivity index (χ0) is 25.9. The number of aryl methyl sites for hydroxylation is 1. The summed E-state index contributed by atoms with van der Waals surface area (Å²) in [5.74, 6) is -2.44. The van der Waals surface area contributed by atoms with Crippen LogP contribution >= 0.6 is 11.3 Å². The Bertz CT molecular complexity index is 1370. The highest BCUT2D eigenvalue weighted by Crippen LogP contribution is 2.38. The summed E-state index contributed by atoms with van der Waals surface area (Å²) in [4.78, 5) is 26.6. The maximum absolute atomic E-state index is 13.5. The van der Waals surface area contributed by atoms with Gasteiger partial charge >= 0.3 is 5.97 Å². The molecule has 1 aromatic heterocycles. The fraction of sp³-hybridized carbons (Fsp3) is 0.280. The minimum Gasteiger partial charge on any atom is -0.462 e. The molecule has 7 nitrogen and oxygen atoms in total. The molecule has 0 fully saturated rings. The molecule has 3 aromatic rings. The molecular formula is C25H24F2N2O5S2. The number of amides is 1. The number of thiophene rings is 1. The standard InChI is InChI=1S/C25H24F2N2O5S2/c1-2-34-25(31)23-20-5-3-4-6-21(20)35-24(23)28-22(30)15-29(18-11-7-16(26)8-12-18)36(32,33)19-13-9-17(27)10-14-19/h7-14H,2-6,15H2,1H3,(H,28,30). The van der Waals surface area contributed by atoms with Gasteiger partial charge < -0.3 is 10.1 Å². The van der Waals surface area contributed by atoms with Crippen molar-refractivity contribution in [3.05, 3.63) is 76.2 Å². The van der Waals surface area contributed by atoms with Crippen molar-refractivity contribution >= 4 is 43.9 Å². The summed E-state index contributed by atoms with van der Waals surface area (Å²) in [5, 5.41) is 3.00. The first kappa shape index (κ1) is 25.8. The Balaban J connectivity index is 1.67. The molecule has 1 N–H and O–H groups in total. The molecule has 11 heteroatoms. The van der Waals surface area contributed by atoms with Gasteiger partial charge in [0.2, 0.25) is 5.91 Å². The lowest BCUT2D eigenvalue weighted by atomic mass is 9.95. The van der Waals surface area contributed by atoms with Crippen LogP contribution in [-0.2, 0) is 32.4 Å². The van der Waals surface area contributed by atoms with E-state index in [0.29, 0.717) is 17.0 Å². The molecule has 4 rings (SSSR count). The Kier molecular flexibility index (Phi) is 7.70. The molecule has 36 heavy (non-hydrogen) atoms. The van der Waals surface area contributed by atoms with Crippen molar-refractivity contribution in [3.8, 4) is 0 Å². The third-order valence-corrected chi connectivity index (χ3v) is 8.70. The molecule has 0 spiro atoms. The summed E-state index contributed by atoms with van der Waals surface area (Å²) in [7, 11) is -4.31. The summed E-state index contributed by atoms with van der Waals surface area (Å²) in [6.45, 7) is 1.21. The molecule has 0 radical (unpaired) electrons. The van der Waals surface area contributed by atoms with Crippen LogP contribution in [0.25, 0.3) is 0 Å². The van der Waals surface area contributed by atoms with Gasteiger partial charge in [-0.1, -0.05) is 0 Å². The van der Waals surface area contributed by atoms with E-state index in [-0.39, 0.29) is 17.2 Å². The van der Waals surface area contributed by atoms with Gasteiger partial charge in [0.15, 0.2) is 0 Å². The first-order valence-electron chi connectivity index (χ1n) is 11.4. The number of nitrogens with zero attached hydrogens (tertiary/aromatic N) is 1. The second-order valence-corrected chi connectivity index (χ2v) is 11.1. The van der Waals surface area contributed by atoms with E-state index in [2.05, 4.69) is 5.32 Å². The Morgan fingerprint density at radius 3 is 2.25 bits per heavy atom. The van der Waals surface area contributed by atoms with Crippen LogP contribution < -0.4 is 9.62 Å². The zero-order valence-corrected chi connectivity index (χ0v) is 21.1. The van der Waals surface area contributed by atoms with Gasteiger partial charge in [-0.15, -0.1) is 11.3 Å². The lowest BCUT2D eigenvalue weighted by molar-refractivity contribution is -0.114. The SMILES string of the molecule is CCOC(=O)c1c(NC(=O)CN(c2ccc(F)cc2)S(=O)(=O)c2ccc(F)cc2)sc2c1CCCC2. The van der Waals surface area contributed by atoms with Crippen LogP contribution in [-0.4, -0.2) is 33.4 Å². The number of hydrogen-bond acceptors (Lipinski definition) is 6. The summed E-state index contributed by atoms with van der Waals surface area (Å²) in [6, 6.07) is 8.79. The quantitative estimate of drug-likeness (QED) is 0.415. The Labute approximate surface area is 211 Å². The van der Waals surface area contributed by atoms with Crippen LogP contribution in [0.5, 0.6) is 0 Å². The van der Waals surface area contributed by atoms with Crippen LogP contribution in [0.3, 0.4) is 0 Å². The van der Waals surface area contributed by atoms with Crippen LogP contribution in [0.15, 0.2) is 53.4 Å². The molecule has 1 aliphatic rings. The summed E-state index contributed by atoms with van der Waals surface area (Å²) in [5.41, 5.74) is 1.21. The van der Waals surface area contributed by atoms with Crippen molar-refractivity contribution < 1.29 is 31.5 Å². The number of carbonyl (C=O) groups excluding carboxylic acids is 2. The van der Waals surface area contributed by atoms with Crippen LogP contribution in [0.4, 0.5) is 19.5 Å². The van der Waals surface area contributed by atoms with Gasteiger partial charge in [0.1, 0.15) is 23.2 Å². The average Bonchev–Trinajstić information content (AvgIpc) is 3.21. The van der Waals surface area contributed by atoms with E-state index in [9.17, 15) is 26.8 Å². The van der Waals surface area contributed by atoms with Crippen LogP contribution in [0.1, 0.15) is 40.6 Å². The number of rotatable bonds is 8. The van der Waals surface area contributed by atoms with Crippen molar-refractivity contribution in [2.75, 3.05) is 22.8 Å². The zero-order valence-electron chi connectivity index (χ0n) is 19.4. The van der Waals surface area contributed by atoms with Crippen LogP contribution in [0.2, 0.25) is 0 Å². The minimum absolute atomic E-state index is 0.0481. The van der Waals surface area contributed by atoms with Gasteiger partial charge in [-0.2, -0.15) is 0 Å². The Morgan fingerprint density at radius 1 is 1.00 bits per heavy atom. The first-order valence-corrected chi connectivity index (χ1v) is 13.6. The molecule has 0 saturated carbocycles. The first-order chi connectivity index (χ1) is 17.2. The van der Waals surface area contributed by atoms with Gasteiger partial charge in [-0.25, -0.2) is 22.0 Å². The number of carbonyl (C=O) groups is 2. The predicted octanol–water partition coefficient (Wildman–Crippen LogP) is 4.92. The summed E-state index contributed by atoms with van der Waals surface area (Å²) in [6.07, 6.45) is 3.36. The van der Waals surface area contributed by atoms with E-state index in [0.717, 1.165) is 70.4 Å². The second kappa shape index (κ2) is 10.8. The predicted molar refractivity (Wildman–Crippen MR) is 133 cm³/mol. The highest BCUT2D eigenvalue weighted by Gasteiger charge is 2.30. The molecule has 2 aromatic carbocycles. The van der Waals surface area contributed by atoms with Crippen molar-refractivity contribution in [2.45, 2.75) is 37.5 Å². The minimum atomic E-state index is -4.31. The van der Waals surface area contributed by atoms with E-state index >= 15 is 0 Å². The van der Waals surface area contributed by atoms with Gasteiger partial charge in [-0.3, -0.25) is 9.10 Å². The van der Waals surface area contributed by atoms with E-state index < -0.39 is 40.1 Å². The van der Waals surface area contributed by atoms with Crippen molar-refractivity contribution in [1.29, 1.82) is 0 Å². The van der Waals surface area contributed by atoms with Crippen molar-refractivity contribution in [3.63, 3.8) is 0 Å². The fourth-order valence-corrected chi connectivity index (χ4v) is 6.74. The molecular weight excluding hydrogens is 510 g/mol. The van der Waals surface area contributed by atoms with E-state index in [1.54, 1.807) is 6.92 Å². The average molecular weight is 535 g/mol. The molecule has 1 aliphatic carbocycles. The monoisotopic (exact) mass is 534 g/mol. The van der Waals surface area contributed by atoms with Crippen molar-refractivity contribution in [2.24, 2.45) is 0 Å². The summed E-state index contributed by atoms with van der Waals surface area (Å²) >= 11 is 1.28. The molecule has 190 valence electrons. The number of esters is 1. The maximum atomic E-state index is 13.5. The van der Waals surface area contributed by atoms with Crippen LogP contribution in [0, 0.1) is 11.6 Å².